The van der Waals surface area contributed by atoms with Crippen molar-refractivity contribution in [2.45, 2.75) is 26.8 Å². The van der Waals surface area contributed by atoms with Crippen LogP contribution in [-0.4, -0.2) is 16.2 Å². The number of carbonyl (C=O) groups is 1. The maximum atomic E-state index is 12.7. The van der Waals surface area contributed by atoms with Gasteiger partial charge in [0.2, 0.25) is 5.27 Å². The lowest BCUT2D eigenvalue weighted by Gasteiger charge is -2.05. The van der Waals surface area contributed by atoms with E-state index in [4.69, 9.17) is 15.2 Å². The number of aryl methyl sites for hydroxylation is 1. The van der Waals surface area contributed by atoms with Crippen LogP contribution in [-0.2, 0) is 0 Å². The van der Waals surface area contributed by atoms with Crippen LogP contribution in [0.15, 0.2) is 47.1 Å². The van der Waals surface area contributed by atoms with Gasteiger partial charge in [-0.1, -0.05) is 30.3 Å². The molecule has 0 fully saturated rings. The normalized spacial score (nSPS) is 11.3. The molecule has 4 rings (SSSR count). The number of carbonyl (C=O) groups excluding carboxylic acids is 1. The first-order valence-electron chi connectivity index (χ1n) is 8.88. The Kier molecular flexibility index (Phi) is 4.56. The lowest BCUT2D eigenvalue weighted by atomic mass is 10.1. The Bertz CT molecular complexity index is 1160. The molecule has 28 heavy (non-hydrogen) atoms. The first kappa shape index (κ1) is 18.1. The van der Waals surface area contributed by atoms with Crippen LogP contribution >= 0.6 is 11.3 Å². The molecule has 142 valence electrons. The molecule has 3 N–H and O–H groups in total. The zero-order valence-electron chi connectivity index (χ0n) is 15.8. The average molecular weight is 394 g/mol. The minimum Gasteiger partial charge on any atom is -0.397 e. The topological polar surface area (TPSA) is 97.9 Å². The van der Waals surface area contributed by atoms with Crippen LogP contribution in [0.1, 0.15) is 35.1 Å². The Hall–Kier alpha value is -3.26. The van der Waals surface area contributed by atoms with Crippen LogP contribution in [0, 0.1) is 6.92 Å². The maximum Gasteiger partial charge on any atom is 0.302 e. The highest BCUT2D eigenvalue weighted by Gasteiger charge is 2.22. The van der Waals surface area contributed by atoms with Gasteiger partial charge in [-0.25, -0.2) is 4.98 Å². The summed E-state index contributed by atoms with van der Waals surface area (Å²) in [5.41, 5.74) is 9.60. The first-order chi connectivity index (χ1) is 13.4. The van der Waals surface area contributed by atoms with Crippen molar-refractivity contribution in [3.05, 3.63) is 53.0 Å². The van der Waals surface area contributed by atoms with E-state index in [1.807, 2.05) is 57.2 Å². The SMILES string of the molecule is Cc1cc2c(N)c(C(=O)Nc3c[n+](C(C)C)no3)sc2nc1-c1ccccc1. The zero-order valence-corrected chi connectivity index (χ0v) is 16.6. The van der Waals surface area contributed by atoms with Crippen molar-refractivity contribution < 1.29 is 14.0 Å². The first-order valence-corrected chi connectivity index (χ1v) is 9.70. The molecule has 3 heterocycles. The van der Waals surface area contributed by atoms with Gasteiger partial charge in [-0.15, -0.1) is 11.3 Å². The second kappa shape index (κ2) is 7.05. The van der Waals surface area contributed by atoms with E-state index in [-0.39, 0.29) is 17.8 Å². The van der Waals surface area contributed by atoms with Crippen LogP contribution in [0.5, 0.6) is 0 Å². The van der Waals surface area contributed by atoms with Crippen molar-refractivity contribution in [2.75, 3.05) is 11.1 Å². The van der Waals surface area contributed by atoms with Gasteiger partial charge in [-0.2, -0.15) is 0 Å². The number of anilines is 2. The third-order valence-corrected chi connectivity index (χ3v) is 5.53. The van der Waals surface area contributed by atoms with Crippen molar-refractivity contribution in [3.8, 4) is 11.3 Å². The van der Waals surface area contributed by atoms with Gasteiger partial charge in [0.05, 0.1) is 11.4 Å². The average Bonchev–Trinajstić information content (AvgIpc) is 3.27. The largest absolute Gasteiger partial charge is 0.397 e. The maximum absolute atomic E-state index is 12.7. The van der Waals surface area contributed by atoms with Gasteiger partial charge in [0.15, 0.2) is 6.04 Å². The molecule has 1 aromatic carbocycles. The summed E-state index contributed by atoms with van der Waals surface area (Å²) in [7, 11) is 0. The number of amides is 1. The Balaban J connectivity index is 1.69. The molecule has 3 aromatic heterocycles. The summed E-state index contributed by atoms with van der Waals surface area (Å²) in [6.07, 6.45) is 1.64. The third kappa shape index (κ3) is 3.22. The summed E-state index contributed by atoms with van der Waals surface area (Å²) in [4.78, 5) is 18.6. The Morgan fingerprint density at radius 3 is 2.71 bits per heavy atom. The van der Waals surface area contributed by atoms with Crippen molar-refractivity contribution in [1.82, 2.24) is 10.3 Å². The highest BCUT2D eigenvalue weighted by molar-refractivity contribution is 7.21. The monoisotopic (exact) mass is 394 g/mol. The van der Waals surface area contributed by atoms with E-state index in [1.165, 1.54) is 11.3 Å². The second-order valence-corrected chi connectivity index (χ2v) is 7.81. The van der Waals surface area contributed by atoms with Gasteiger partial charge in [-0.05, 0) is 37.1 Å². The van der Waals surface area contributed by atoms with E-state index >= 15 is 0 Å². The molecule has 7 nitrogen and oxygen atoms in total. The second-order valence-electron chi connectivity index (χ2n) is 6.81. The van der Waals surface area contributed by atoms with Crippen LogP contribution in [0.25, 0.3) is 21.5 Å². The van der Waals surface area contributed by atoms with E-state index in [9.17, 15) is 4.79 Å². The lowest BCUT2D eigenvalue weighted by Crippen LogP contribution is -2.36. The Morgan fingerprint density at radius 2 is 2.04 bits per heavy atom. The molecule has 0 bridgehead atoms. The Labute approximate surface area is 165 Å². The highest BCUT2D eigenvalue weighted by Crippen LogP contribution is 2.36. The number of nitrogen functional groups attached to an aromatic ring is 1. The summed E-state index contributed by atoms with van der Waals surface area (Å²) in [5, 5.41) is 7.36. The highest BCUT2D eigenvalue weighted by atomic mass is 32.1. The molecule has 4 aromatic rings. The number of pyridine rings is 1. The van der Waals surface area contributed by atoms with E-state index in [0.29, 0.717) is 10.6 Å². The molecule has 0 aliphatic heterocycles. The number of hydrogen-bond donors (Lipinski definition) is 2. The number of rotatable bonds is 4. The van der Waals surface area contributed by atoms with Gasteiger partial charge in [0.1, 0.15) is 9.71 Å². The van der Waals surface area contributed by atoms with Crippen molar-refractivity contribution in [3.63, 3.8) is 0 Å². The molecule has 0 aliphatic carbocycles. The fourth-order valence-corrected chi connectivity index (χ4v) is 3.90. The summed E-state index contributed by atoms with van der Waals surface area (Å²) in [5.74, 6) is -0.0730. The molecule has 0 saturated carbocycles. The minimum absolute atomic E-state index is 0.132. The number of fused-ring (bicyclic) bond motifs is 1. The smallest absolute Gasteiger partial charge is 0.302 e. The van der Waals surface area contributed by atoms with Crippen molar-refractivity contribution in [2.24, 2.45) is 0 Å². The van der Waals surface area contributed by atoms with Gasteiger partial charge in [0.25, 0.3) is 12.1 Å². The molecule has 0 spiro atoms. The van der Waals surface area contributed by atoms with Crippen LogP contribution in [0.2, 0.25) is 0 Å². The number of nitrogens with one attached hydrogen (secondary N) is 1. The number of aromatic nitrogens is 3. The molecule has 0 aliphatic rings. The molecule has 0 unspecified atom stereocenters. The number of thiophene rings is 1. The number of nitrogens with zero attached hydrogens (tertiary/aromatic N) is 3. The van der Waals surface area contributed by atoms with Crippen LogP contribution in [0.4, 0.5) is 11.6 Å². The standard InChI is InChI=1S/C20H19N5O2S/c1-11(2)25-10-15(27-24-25)22-19(26)18-16(21)14-9-12(3)17(23-20(14)28-18)13-7-5-4-6-8-13/h4-11H,1-3H3,(H2-,21,22,24,26)/p+1. The molecule has 0 radical (unpaired) electrons. The van der Waals surface area contributed by atoms with E-state index in [1.54, 1.807) is 10.9 Å². The molecule has 0 saturated heterocycles. The molecular weight excluding hydrogens is 374 g/mol. The fraction of sp³-hybridized carbons (Fsp3) is 0.200. The zero-order chi connectivity index (χ0) is 19.8. The van der Waals surface area contributed by atoms with Gasteiger partial charge in [0, 0.05) is 10.9 Å². The van der Waals surface area contributed by atoms with Crippen LogP contribution < -0.4 is 15.7 Å². The summed E-state index contributed by atoms with van der Waals surface area (Å²) >= 11 is 1.26. The fourth-order valence-electron chi connectivity index (χ4n) is 2.92. The van der Waals surface area contributed by atoms with E-state index in [2.05, 4.69) is 10.6 Å². The molecule has 0 atom stereocenters. The molecule has 1 amide bonds. The third-order valence-electron chi connectivity index (χ3n) is 4.41. The summed E-state index contributed by atoms with van der Waals surface area (Å²) in [6.45, 7) is 5.93. The number of hydrogen-bond acceptors (Lipinski definition) is 6. The lowest BCUT2D eigenvalue weighted by molar-refractivity contribution is -0.779. The van der Waals surface area contributed by atoms with Crippen molar-refractivity contribution >= 4 is 39.0 Å². The van der Waals surface area contributed by atoms with Gasteiger partial charge in [-0.3, -0.25) is 14.6 Å². The van der Waals surface area contributed by atoms with Gasteiger partial charge < -0.3 is 5.73 Å². The van der Waals surface area contributed by atoms with E-state index in [0.717, 1.165) is 27.0 Å². The predicted octanol–water partition coefficient (Wildman–Crippen LogP) is 3.96. The molecule has 8 heteroatoms. The predicted molar refractivity (Wildman–Crippen MR) is 109 cm³/mol. The van der Waals surface area contributed by atoms with Crippen LogP contribution in [0.3, 0.4) is 0 Å². The summed E-state index contributed by atoms with van der Waals surface area (Å²) < 4.78 is 6.78. The van der Waals surface area contributed by atoms with Gasteiger partial charge >= 0.3 is 5.88 Å². The molecular formula is C20H20N5O2S+. The number of nitrogens with two attached hydrogens (primary N) is 1. The quantitative estimate of drug-likeness (QED) is 0.511. The van der Waals surface area contributed by atoms with E-state index < -0.39 is 0 Å². The van der Waals surface area contributed by atoms with Crippen molar-refractivity contribution in [1.29, 1.82) is 0 Å². The minimum atomic E-state index is -0.341. The summed E-state index contributed by atoms with van der Waals surface area (Å²) in [6, 6.07) is 12.1. The number of benzene rings is 1. The Morgan fingerprint density at radius 1 is 1.29 bits per heavy atom.